The Bertz CT molecular complexity index is 925. The molecule has 0 spiro atoms. The molecule has 0 unspecified atom stereocenters. The standard InChI is InChI=1S/C20H21N3O3S/c1-13-11-15(12-18-19(24)21-20(25)27-18)14(2)23(13)17-5-3-16(4-6-17)22-7-9-26-10-8-22/h3-6,11-12H,7-10H2,1-2H3,(H,21,24,25). The van der Waals surface area contributed by atoms with E-state index in [0.717, 1.165) is 60.7 Å². The lowest BCUT2D eigenvalue weighted by Gasteiger charge is -2.29. The quantitative estimate of drug-likeness (QED) is 0.825. The number of carbonyl (C=O) groups is 2. The van der Waals surface area contributed by atoms with Crippen LogP contribution in [0.5, 0.6) is 0 Å². The van der Waals surface area contributed by atoms with Gasteiger partial charge in [-0.1, -0.05) is 0 Å². The van der Waals surface area contributed by atoms with E-state index >= 15 is 0 Å². The summed E-state index contributed by atoms with van der Waals surface area (Å²) in [7, 11) is 0. The van der Waals surface area contributed by atoms with Crippen molar-refractivity contribution >= 4 is 34.7 Å². The summed E-state index contributed by atoms with van der Waals surface area (Å²) < 4.78 is 7.58. The van der Waals surface area contributed by atoms with Crippen LogP contribution < -0.4 is 10.2 Å². The molecule has 0 radical (unpaired) electrons. The number of nitrogens with one attached hydrogen (secondary N) is 1. The van der Waals surface area contributed by atoms with Crippen LogP contribution in [0, 0.1) is 13.8 Å². The second-order valence-electron chi connectivity index (χ2n) is 6.63. The number of nitrogens with zero attached hydrogens (tertiary/aromatic N) is 2. The lowest BCUT2D eigenvalue weighted by Crippen LogP contribution is -2.36. The molecule has 4 rings (SSSR count). The monoisotopic (exact) mass is 383 g/mol. The van der Waals surface area contributed by atoms with Crippen molar-refractivity contribution in [2.45, 2.75) is 13.8 Å². The fourth-order valence-electron chi connectivity index (χ4n) is 3.53. The number of thioether (sulfide) groups is 1. The molecule has 2 aliphatic rings. The number of morpholine rings is 1. The molecule has 2 saturated heterocycles. The van der Waals surface area contributed by atoms with E-state index in [9.17, 15) is 9.59 Å². The molecule has 0 saturated carbocycles. The predicted octanol–water partition coefficient (Wildman–Crippen LogP) is 3.25. The lowest BCUT2D eigenvalue weighted by molar-refractivity contribution is -0.115. The minimum Gasteiger partial charge on any atom is -0.378 e. The van der Waals surface area contributed by atoms with Gasteiger partial charge in [0.05, 0.1) is 18.1 Å². The lowest BCUT2D eigenvalue weighted by atomic mass is 10.2. The largest absolute Gasteiger partial charge is 0.378 e. The molecule has 2 aromatic rings. The Hall–Kier alpha value is -2.51. The van der Waals surface area contributed by atoms with Crippen LogP contribution in [0.3, 0.4) is 0 Å². The van der Waals surface area contributed by atoms with Gasteiger partial charge in [0.25, 0.3) is 11.1 Å². The number of amides is 2. The van der Waals surface area contributed by atoms with Crippen LogP contribution in [0.15, 0.2) is 35.2 Å². The topological polar surface area (TPSA) is 63.6 Å². The van der Waals surface area contributed by atoms with Crippen LogP contribution in [-0.4, -0.2) is 42.0 Å². The van der Waals surface area contributed by atoms with Crippen molar-refractivity contribution in [3.8, 4) is 5.69 Å². The molecule has 140 valence electrons. The van der Waals surface area contributed by atoms with E-state index in [-0.39, 0.29) is 11.1 Å². The first-order chi connectivity index (χ1) is 13.0. The zero-order valence-corrected chi connectivity index (χ0v) is 16.1. The highest BCUT2D eigenvalue weighted by molar-refractivity contribution is 8.18. The molecule has 1 aromatic carbocycles. The minimum absolute atomic E-state index is 0.321. The summed E-state index contributed by atoms with van der Waals surface area (Å²) in [6, 6.07) is 10.5. The Morgan fingerprint density at radius 3 is 2.37 bits per heavy atom. The molecule has 2 fully saturated rings. The fraction of sp³-hybridized carbons (Fsp3) is 0.300. The molecule has 0 bridgehead atoms. The molecule has 2 amide bonds. The number of imide groups is 1. The molecule has 0 aliphatic carbocycles. The third-order valence-corrected chi connectivity index (χ3v) is 5.69. The highest BCUT2D eigenvalue weighted by Crippen LogP contribution is 2.29. The maximum absolute atomic E-state index is 11.8. The average molecular weight is 383 g/mol. The minimum atomic E-state index is -0.329. The summed E-state index contributed by atoms with van der Waals surface area (Å²) in [6.07, 6.45) is 1.78. The fourth-order valence-corrected chi connectivity index (χ4v) is 4.20. The smallest absolute Gasteiger partial charge is 0.290 e. The molecule has 7 heteroatoms. The van der Waals surface area contributed by atoms with E-state index in [4.69, 9.17) is 4.74 Å². The zero-order valence-electron chi connectivity index (χ0n) is 15.3. The van der Waals surface area contributed by atoms with Gasteiger partial charge in [-0.15, -0.1) is 0 Å². The zero-order chi connectivity index (χ0) is 19.0. The van der Waals surface area contributed by atoms with Crippen LogP contribution in [0.2, 0.25) is 0 Å². The van der Waals surface area contributed by atoms with Crippen LogP contribution >= 0.6 is 11.8 Å². The van der Waals surface area contributed by atoms with Crippen molar-refractivity contribution in [2.24, 2.45) is 0 Å². The Labute approximate surface area is 162 Å². The number of benzene rings is 1. The van der Waals surface area contributed by atoms with Gasteiger partial charge in [0.1, 0.15) is 0 Å². The Kier molecular flexibility index (Phi) is 4.80. The van der Waals surface area contributed by atoms with Crippen LogP contribution in [-0.2, 0) is 9.53 Å². The van der Waals surface area contributed by atoms with E-state index in [2.05, 4.69) is 39.0 Å². The summed E-state index contributed by atoms with van der Waals surface area (Å²) in [5.74, 6) is -0.329. The van der Waals surface area contributed by atoms with Gasteiger partial charge in [0.2, 0.25) is 0 Å². The van der Waals surface area contributed by atoms with Crippen molar-refractivity contribution in [2.75, 3.05) is 31.2 Å². The van der Waals surface area contributed by atoms with Crippen LogP contribution in [0.25, 0.3) is 11.8 Å². The van der Waals surface area contributed by atoms with Gasteiger partial charge >= 0.3 is 0 Å². The van der Waals surface area contributed by atoms with Crippen molar-refractivity contribution in [1.82, 2.24) is 9.88 Å². The molecule has 2 aliphatic heterocycles. The molecule has 6 nitrogen and oxygen atoms in total. The van der Waals surface area contributed by atoms with Crippen LogP contribution in [0.1, 0.15) is 17.0 Å². The maximum atomic E-state index is 11.8. The van der Waals surface area contributed by atoms with Crippen molar-refractivity contribution in [3.63, 3.8) is 0 Å². The summed E-state index contributed by atoms with van der Waals surface area (Å²) in [5.41, 5.74) is 5.33. The number of ether oxygens (including phenoxy) is 1. The number of hydrogen-bond acceptors (Lipinski definition) is 5. The van der Waals surface area contributed by atoms with Crippen molar-refractivity contribution < 1.29 is 14.3 Å². The van der Waals surface area contributed by atoms with Crippen molar-refractivity contribution in [3.05, 3.63) is 52.2 Å². The normalized spacial score (nSPS) is 19.0. The number of aromatic nitrogens is 1. The number of anilines is 1. The summed E-state index contributed by atoms with van der Waals surface area (Å²) in [4.78, 5) is 25.9. The number of carbonyl (C=O) groups excluding carboxylic acids is 2. The highest BCUT2D eigenvalue weighted by atomic mass is 32.2. The first-order valence-electron chi connectivity index (χ1n) is 8.90. The molecule has 3 heterocycles. The predicted molar refractivity (Wildman–Crippen MR) is 107 cm³/mol. The number of hydrogen-bond donors (Lipinski definition) is 1. The molecule has 0 atom stereocenters. The van der Waals surface area contributed by atoms with E-state index in [0.29, 0.717) is 4.91 Å². The van der Waals surface area contributed by atoms with E-state index < -0.39 is 0 Å². The first kappa shape index (κ1) is 17.9. The Balaban J connectivity index is 1.62. The Morgan fingerprint density at radius 1 is 1.07 bits per heavy atom. The van der Waals surface area contributed by atoms with Gasteiger partial charge in [-0.3, -0.25) is 14.9 Å². The SMILES string of the molecule is Cc1cc(C=C2SC(=O)NC2=O)c(C)n1-c1ccc(N2CCOCC2)cc1. The summed E-state index contributed by atoms with van der Waals surface area (Å²) in [6.45, 7) is 7.42. The van der Waals surface area contributed by atoms with Gasteiger partial charge in [-0.2, -0.15) is 0 Å². The van der Waals surface area contributed by atoms with Gasteiger partial charge in [0.15, 0.2) is 0 Å². The second-order valence-corrected chi connectivity index (χ2v) is 7.64. The van der Waals surface area contributed by atoms with Gasteiger partial charge in [-0.05, 0) is 67.6 Å². The first-order valence-corrected chi connectivity index (χ1v) is 9.71. The second kappa shape index (κ2) is 7.25. The number of rotatable bonds is 3. The molecular formula is C20H21N3O3S. The Morgan fingerprint density at radius 2 is 1.74 bits per heavy atom. The van der Waals surface area contributed by atoms with E-state index in [1.165, 1.54) is 5.69 Å². The maximum Gasteiger partial charge on any atom is 0.290 e. The van der Waals surface area contributed by atoms with Gasteiger partial charge in [-0.25, -0.2) is 0 Å². The third kappa shape index (κ3) is 3.52. The molecule has 27 heavy (non-hydrogen) atoms. The highest BCUT2D eigenvalue weighted by Gasteiger charge is 2.25. The van der Waals surface area contributed by atoms with Gasteiger partial charge < -0.3 is 14.2 Å². The average Bonchev–Trinajstić information content (AvgIpc) is 3.13. The molecule has 1 aromatic heterocycles. The van der Waals surface area contributed by atoms with E-state index in [1.807, 2.05) is 19.9 Å². The van der Waals surface area contributed by atoms with E-state index in [1.54, 1.807) is 6.08 Å². The molecular weight excluding hydrogens is 362 g/mol. The number of aryl methyl sites for hydroxylation is 1. The third-order valence-electron chi connectivity index (χ3n) is 4.88. The summed E-state index contributed by atoms with van der Waals surface area (Å²) in [5, 5.41) is 1.97. The summed E-state index contributed by atoms with van der Waals surface area (Å²) >= 11 is 0.942. The molecule has 1 N–H and O–H groups in total. The van der Waals surface area contributed by atoms with Crippen LogP contribution in [0.4, 0.5) is 10.5 Å². The van der Waals surface area contributed by atoms with Crippen molar-refractivity contribution in [1.29, 1.82) is 0 Å². The van der Waals surface area contributed by atoms with Gasteiger partial charge in [0, 0.05) is 35.9 Å².